The molecule has 1 aromatic rings. The van der Waals surface area contributed by atoms with E-state index in [9.17, 15) is 9.59 Å². The molecule has 0 radical (unpaired) electrons. The third-order valence-corrected chi connectivity index (χ3v) is 4.97. The standard InChI is InChI=1S/C17H22N2O2/c1-12-6-5-9-17(10-12)15(20)18-16(21)19(17)11-14-8-4-3-7-13(14)2/h3-4,7-8,12H,5-6,9-11H2,1-2H3,(H,18,20,21). The number of aryl methyl sites for hydroxylation is 1. The Hall–Kier alpha value is -1.84. The fraction of sp³-hybridized carbons (Fsp3) is 0.529. The molecule has 2 unspecified atom stereocenters. The van der Waals surface area contributed by atoms with E-state index in [1.54, 1.807) is 4.90 Å². The molecule has 1 aliphatic heterocycles. The number of nitrogens with one attached hydrogen (secondary N) is 1. The van der Waals surface area contributed by atoms with E-state index in [4.69, 9.17) is 0 Å². The molecule has 3 rings (SSSR count). The number of amides is 3. The van der Waals surface area contributed by atoms with Crippen molar-refractivity contribution in [2.75, 3.05) is 0 Å². The summed E-state index contributed by atoms with van der Waals surface area (Å²) in [4.78, 5) is 26.5. The normalized spacial score (nSPS) is 29.0. The van der Waals surface area contributed by atoms with Crippen molar-refractivity contribution in [3.63, 3.8) is 0 Å². The van der Waals surface area contributed by atoms with Gasteiger partial charge in [-0.15, -0.1) is 0 Å². The fourth-order valence-electron chi connectivity index (χ4n) is 3.75. The molecule has 2 atom stereocenters. The average molecular weight is 286 g/mol. The molecule has 2 fully saturated rings. The van der Waals surface area contributed by atoms with E-state index in [2.05, 4.69) is 12.2 Å². The first-order valence-electron chi connectivity index (χ1n) is 7.70. The Morgan fingerprint density at radius 1 is 1.33 bits per heavy atom. The predicted octanol–water partition coefficient (Wildman–Crippen LogP) is 3.00. The van der Waals surface area contributed by atoms with E-state index in [0.717, 1.165) is 36.8 Å². The zero-order valence-corrected chi connectivity index (χ0v) is 12.7. The van der Waals surface area contributed by atoms with Crippen LogP contribution in [0, 0.1) is 12.8 Å². The molecule has 3 amide bonds. The second kappa shape index (κ2) is 5.17. The summed E-state index contributed by atoms with van der Waals surface area (Å²) < 4.78 is 0. The van der Waals surface area contributed by atoms with Gasteiger partial charge < -0.3 is 4.90 Å². The topological polar surface area (TPSA) is 49.4 Å². The lowest BCUT2D eigenvalue weighted by Gasteiger charge is -2.40. The lowest BCUT2D eigenvalue weighted by molar-refractivity contribution is -0.129. The minimum atomic E-state index is -0.628. The van der Waals surface area contributed by atoms with E-state index in [-0.39, 0.29) is 11.9 Å². The third-order valence-electron chi connectivity index (χ3n) is 4.97. The highest BCUT2D eigenvalue weighted by atomic mass is 16.2. The van der Waals surface area contributed by atoms with Crippen LogP contribution in [0.3, 0.4) is 0 Å². The van der Waals surface area contributed by atoms with Gasteiger partial charge in [0.1, 0.15) is 5.54 Å². The number of benzene rings is 1. The molecule has 0 aromatic heterocycles. The Bertz CT molecular complexity index is 584. The van der Waals surface area contributed by atoms with Gasteiger partial charge in [-0.1, -0.05) is 44.0 Å². The Kier molecular flexibility index (Phi) is 3.47. The molecule has 1 saturated carbocycles. The van der Waals surface area contributed by atoms with Gasteiger partial charge in [0.15, 0.2) is 0 Å². The van der Waals surface area contributed by atoms with Gasteiger partial charge in [0, 0.05) is 6.54 Å². The number of hydrogen-bond acceptors (Lipinski definition) is 2. The summed E-state index contributed by atoms with van der Waals surface area (Å²) in [6, 6.07) is 7.81. The number of carbonyl (C=O) groups is 2. The molecule has 1 aromatic carbocycles. The van der Waals surface area contributed by atoms with Gasteiger partial charge in [-0.05, 0) is 36.8 Å². The lowest BCUT2D eigenvalue weighted by Crippen LogP contribution is -2.52. The van der Waals surface area contributed by atoms with Crippen molar-refractivity contribution in [3.8, 4) is 0 Å². The molecule has 1 heterocycles. The van der Waals surface area contributed by atoms with Gasteiger partial charge in [-0.2, -0.15) is 0 Å². The van der Waals surface area contributed by atoms with Gasteiger partial charge >= 0.3 is 6.03 Å². The summed E-state index contributed by atoms with van der Waals surface area (Å²) in [5.41, 5.74) is 1.64. The third kappa shape index (κ3) is 2.33. The number of rotatable bonds is 2. The van der Waals surface area contributed by atoms with Crippen molar-refractivity contribution in [2.45, 2.75) is 51.6 Å². The minimum Gasteiger partial charge on any atom is -0.305 e. The van der Waals surface area contributed by atoms with Crippen molar-refractivity contribution in [3.05, 3.63) is 35.4 Å². The zero-order chi connectivity index (χ0) is 15.0. The SMILES string of the molecule is Cc1ccccc1CN1C(=O)NC(=O)C12CCCC(C)C2. The molecule has 4 nitrogen and oxygen atoms in total. The first-order valence-corrected chi connectivity index (χ1v) is 7.70. The van der Waals surface area contributed by atoms with Crippen molar-refractivity contribution in [1.29, 1.82) is 0 Å². The van der Waals surface area contributed by atoms with E-state index in [0.29, 0.717) is 12.5 Å². The summed E-state index contributed by atoms with van der Waals surface area (Å²) in [5, 5.41) is 2.54. The molecule has 1 spiro atoms. The second-order valence-electron chi connectivity index (χ2n) is 6.51. The van der Waals surface area contributed by atoms with Crippen LogP contribution in [0.5, 0.6) is 0 Å². The Balaban J connectivity index is 1.93. The minimum absolute atomic E-state index is 0.104. The molecular weight excluding hydrogens is 264 g/mol. The zero-order valence-electron chi connectivity index (χ0n) is 12.7. The highest BCUT2D eigenvalue weighted by Crippen LogP contribution is 2.40. The van der Waals surface area contributed by atoms with Crippen LogP contribution in [0.15, 0.2) is 24.3 Å². The Morgan fingerprint density at radius 3 is 2.81 bits per heavy atom. The van der Waals surface area contributed by atoms with Crippen LogP contribution in [0.4, 0.5) is 4.79 Å². The predicted molar refractivity (Wildman–Crippen MR) is 80.6 cm³/mol. The molecule has 1 saturated heterocycles. The molecule has 4 heteroatoms. The molecule has 21 heavy (non-hydrogen) atoms. The van der Waals surface area contributed by atoms with Gasteiger partial charge in [0.05, 0.1) is 0 Å². The summed E-state index contributed by atoms with van der Waals surface area (Å²) >= 11 is 0. The highest BCUT2D eigenvalue weighted by molar-refractivity contribution is 6.07. The lowest BCUT2D eigenvalue weighted by atomic mass is 9.75. The molecule has 2 aliphatic rings. The largest absolute Gasteiger partial charge is 0.325 e. The number of imide groups is 1. The molecule has 0 bridgehead atoms. The molecule has 1 aliphatic carbocycles. The monoisotopic (exact) mass is 286 g/mol. The maximum atomic E-state index is 12.4. The van der Waals surface area contributed by atoms with Crippen molar-refractivity contribution in [2.24, 2.45) is 5.92 Å². The van der Waals surface area contributed by atoms with E-state index in [1.165, 1.54) is 0 Å². The van der Waals surface area contributed by atoms with Crippen LogP contribution in [-0.4, -0.2) is 22.4 Å². The van der Waals surface area contributed by atoms with Crippen LogP contribution < -0.4 is 5.32 Å². The number of hydrogen-bond donors (Lipinski definition) is 1. The maximum Gasteiger partial charge on any atom is 0.325 e. The van der Waals surface area contributed by atoms with Crippen LogP contribution >= 0.6 is 0 Å². The summed E-state index contributed by atoms with van der Waals surface area (Å²) in [6.45, 7) is 4.72. The van der Waals surface area contributed by atoms with Crippen LogP contribution in [0.25, 0.3) is 0 Å². The van der Waals surface area contributed by atoms with Gasteiger partial charge in [-0.25, -0.2) is 4.79 Å². The fourth-order valence-corrected chi connectivity index (χ4v) is 3.75. The summed E-state index contributed by atoms with van der Waals surface area (Å²) in [6.07, 6.45) is 3.70. The Morgan fingerprint density at radius 2 is 2.10 bits per heavy atom. The average Bonchev–Trinajstić information content (AvgIpc) is 2.65. The first kappa shape index (κ1) is 14.1. The van der Waals surface area contributed by atoms with Crippen molar-refractivity contribution in [1.82, 2.24) is 10.2 Å². The summed E-state index contributed by atoms with van der Waals surface area (Å²) in [5.74, 6) is 0.377. The van der Waals surface area contributed by atoms with E-state index in [1.807, 2.05) is 31.2 Å². The van der Waals surface area contributed by atoms with Gasteiger partial charge in [0.25, 0.3) is 5.91 Å². The highest BCUT2D eigenvalue weighted by Gasteiger charge is 2.53. The molecule has 112 valence electrons. The summed E-state index contributed by atoms with van der Waals surface area (Å²) in [7, 11) is 0. The smallest absolute Gasteiger partial charge is 0.305 e. The van der Waals surface area contributed by atoms with E-state index < -0.39 is 5.54 Å². The number of urea groups is 1. The van der Waals surface area contributed by atoms with Gasteiger partial charge in [-0.3, -0.25) is 10.1 Å². The van der Waals surface area contributed by atoms with E-state index >= 15 is 0 Å². The second-order valence-corrected chi connectivity index (χ2v) is 6.51. The van der Waals surface area contributed by atoms with Crippen molar-refractivity contribution < 1.29 is 9.59 Å². The van der Waals surface area contributed by atoms with Crippen LogP contribution in [0.2, 0.25) is 0 Å². The van der Waals surface area contributed by atoms with Crippen LogP contribution in [-0.2, 0) is 11.3 Å². The molecule has 1 N–H and O–H groups in total. The number of nitrogens with zero attached hydrogens (tertiary/aromatic N) is 1. The quantitative estimate of drug-likeness (QED) is 0.850. The number of carbonyl (C=O) groups excluding carboxylic acids is 2. The molecular formula is C17H22N2O2. The van der Waals surface area contributed by atoms with Gasteiger partial charge in [0.2, 0.25) is 0 Å². The van der Waals surface area contributed by atoms with Crippen LogP contribution in [0.1, 0.15) is 43.7 Å². The first-order chi connectivity index (χ1) is 10.0. The Labute approximate surface area is 125 Å². The maximum absolute atomic E-state index is 12.4. The van der Waals surface area contributed by atoms with Crippen molar-refractivity contribution >= 4 is 11.9 Å².